The van der Waals surface area contributed by atoms with E-state index in [0.29, 0.717) is 24.0 Å². The fraction of sp³-hybridized carbons (Fsp3) is 0.586. The van der Waals surface area contributed by atoms with E-state index in [9.17, 15) is 23.6 Å². The minimum atomic E-state index is -1.18. The number of benzene rings is 1. The molecule has 0 spiro atoms. The van der Waals surface area contributed by atoms with Gasteiger partial charge in [0, 0.05) is 24.4 Å². The SMILES string of the molecule is CCOC(=O)[C@@]12CC1/C=C\CCCCC[C@H](N)C(=O)N1C[C@H](OC(=O)N3Cc4cccc(F)c4C3)C[C@H]1C(=O)N2. The molecule has 3 heterocycles. The topological polar surface area (TPSA) is 131 Å². The molecule has 4 aliphatic rings. The molecule has 3 amide bonds. The first-order valence-corrected chi connectivity index (χ1v) is 14.2. The van der Waals surface area contributed by atoms with Crippen molar-refractivity contribution in [2.45, 2.75) is 88.7 Å². The van der Waals surface area contributed by atoms with Crippen LogP contribution in [-0.2, 0) is 36.9 Å². The third kappa shape index (κ3) is 5.56. The molecule has 0 aromatic heterocycles. The normalized spacial score (nSPS) is 31.2. The standard InChI is InChI=1S/C29H37FN4O6/c1-2-39-27(37)29-14-19(29)10-6-4-3-5-7-12-23(31)26(36)34-16-20(13-24(34)25(35)32-29)40-28(38)33-15-18-9-8-11-22(30)21(18)17-33/h6,8-11,19-20,23-24H,2-5,7,12-17,31H2,1H3,(H,32,35)/b10-6-/t19?,20-,23+,24+,29-/m1/s1. The van der Waals surface area contributed by atoms with E-state index in [0.717, 1.165) is 25.7 Å². The van der Waals surface area contributed by atoms with Gasteiger partial charge in [0.2, 0.25) is 11.8 Å². The average Bonchev–Trinajstić information content (AvgIpc) is 3.24. The lowest BCUT2D eigenvalue weighted by Gasteiger charge is -2.28. The summed E-state index contributed by atoms with van der Waals surface area (Å²) in [7, 11) is 0. The predicted molar refractivity (Wildman–Crippen MR) is 142 cm³/mol. The summed E-state index contributed by atoms with van der Waals surface area (Å²) < 4.78 is 25.2. The van der Waals surface area contributed by atoms with Gasteiger partial charge in [0.15, 0.2) is 0 Å². The minimum absolute atomic E-state index is 0.00124. The second-order valence-corrected chi connectivity index (χ2v) is 11.1. The number of nitrogens with zero attached hydrogens (tertiary/aromatic N) is 2. The van der Waals surface area contributed by atoms with E-state index in [2.05, 4.69) is 5.32 Å². The van der Waals surface area contributed by atoms with Crippen LogP contribution in [0.5, 0.6) is 0 Å². The summed E-state index contributed by atoms with van der Waals surface area (Å²) in [4.78, 5) is 55.8. The van der Waals surface area contributed by atoms with Crippen LogP contribution < -0.4 is 11.1 Å². The Labute approximate surface area is 233 Å². The Morgan fingerprint density at radius 3 is 2.80 bits per heavy atom. The van der Waals surface area contributed by atoms with Crippen LogP contribution >= 0.6 is 0 Å². The van der Waals surface area contributed by atoms with Gasteiger partial charge in [-0.2, -0.15) is 0 Å². The Kier molecular flexibility index (Phi) is 8.11. The molecule has 10 nitrogen and oxygen atoms in total. The fourth-order valence-corrected chi connectivity index (χ4v) is 6.01. The molecule has 3 aliphatic heterocycles. The summed E-state index contributed by atoms with van der Waals surface area (Å²) in [6.07, 6.45) is 6.97. The van der Waals surface area contributed by atoms with Crippen LogP contribution in [0.1, 0.15) is 63.0 Å². The third-order valence-corrected chi connectivity index (χ3v) is 8.37. The Bertz CT molecular complexity index is 1210. The maximum atomic E-state index is 14.2. The molecule has 0 bridgehead atoms. The lowest BCUT2D eigenvalue weighted by molar-refractivity contribution is -0.150. The number of amides is 3. The number of nitrogens with two attached hydrogens (primary N) is 1. The molecule has 1 aromatic carbocycles. The number of fused-ring (bicyclic) bond motifs is 3. The molecular weight excluding hydrogens is 519 g/mol. The number of hydrogen-bond donors (Lipinski definition) is 2. The summed E-state index contributed by atoms with van der Waals surface area (Å²) in [5.74, 6) is -1.97. The number of carbonyl (C=O) groups is 4. The van der Waals surface area contributed by atoms with Gasteiger partial charge in [0.1, 0.15) is 23.5 Å². The second-order valence-electron chi connectivity index (χ2n) is 11.1. The summed E-state index contributed by atoms with van der Waals surface area (Å²) in [5, 5.41) is 2.88. The maximum Gasteiger partial charge on any atom is 0.410 e. The van der Waals surface area contributed by atoms with E-state index in [1.165, 1.54) is 15.9 Å². The highest BCUT2D eigenvalue weighted by atomic mass is 19.1. The van der Waals surface area contributed by atoms with Crippen molar-refractivity contribution in [2.24, 2.45) is 11.7 Å². The van der Waals surface area contributed by atoms with Crippen LogP contribution in [0.3, 0.4) is 0 Å². The quantitative estimate of drug-likeness (QED) is 0.432. The molecular formula is C29H37FN4O6. The molecule has 0 radical (unpaired) electrons. The fourth-order valence-electron chi connectivity index (χ4n) is 6.01. The van der Waals surface area contributed by atoms with Crippen molar-refractivity contribution in [2.75, 3.05) is 13.2 Å². The van der Waals surface area contributed by atoms with Crippen LogP contribution in [0.4, 0.5) is 9.18 Å². The summed E-state index contributed by atoms with van der Waals surface area (Å²) in [6.45, 7) is 2.19. The molecule has 5 rings (SSSR count). The molecule has 1 saturated carbocycles. The van der Waals surface area contributed by atoms with Crippen molar-refractivity contribution in [3.8, 4) is 0 Å². The molecule has 1 aromatic rings. The zero-order chi connectivity index (χ0) is 28.4. The largest absolute Gasteiger partial charge is 0.464 e. The van der Waals surface area contributed by atoms with Crippen molar-refractivity contribution >= 4 is 23.9 Å². The molecule has 5 atom stereocenters. The molecule has 2 fully saturated rings. The van der Waals surface area contributed by atoms with E-state index in [4.69, 9.17) is 15.2 Å². The third-order valence-electron chi connectivity index (χ3n) is 8.37. The number of hydrogen-bond acceptors (Lipinski definition) is 7. The first kappa shape index (κ1) is 28.1. The zero-order valence-corrected chi connectivity index (χ0v) is 22.8. The number of ether oxygens (including phenoxy) is 2. The first-order valence-electron chi connectivity index (χ1n) is 14.2. The highest BCUT2D eigenvalue weighted by Gasteiger charge is 2.62. The molecule has 1 saturated heterocycles. The van der Waals surface area contributed by atoms with Gasteiger partial charge in [0.05, 0.1) is 25.7 Å². The van der Waals surface area contributed by atoms with Gasteiger partial charge in [-0.3, -0.25) is 14.5 Å². The van der Waals surface area contributed by atoms with Gasteiger partial charge in [-0.05, 0) is 44.2 Å². The Hall–Kier alpha value is -3.47. The van der Waals surface area contributed by atoms with Crippen LogP contribution in [-0.4, -0.2) is 70.6 Å². The van der Waals surface area contributed by atoms with Gasteiger partial charge in [0.25, 0.3) is 0 Å². The van der Waals surface area contributed by atoms with Gasteiger partial charge in [-0.25, -0.2) is 14.0 Å². The summed E-state index contributed by atoms with van der Waals surface area (Å²) in [5.41, 5.74) is 6.25. The molecule has 1 aliphatic carbocycles. The van der Waals surface area contributed by atoms with Crippen molar-refractivity contribution in [3.05, 3.63) is 47.3 Å². The van der Waals surface area contributed by atoms with Gasteiger partial charge in [-0.15, -0.1) is 0 Å². The Morgan fingerprint density at radius 1 is 1.20 bits per heavy atom. The minimum Gasteiger partial charge on any atom is -0.464 e. The van der Waals surface area contributed by atoms with Crippen molar-refractivity contribution in [1.82, 2.24) is 15.1 Å². The number of nitrogens with one attached hydrogen (secondary N) is 1. The molecule has 40 heavy (non-hydrogen) atoms. The second kappa shape index (κ2) is 11.6. The Morgan fingerprint density at radius 2 is 2.02 bits per heavy atom. The number of carbonyl (C=O) groups excluding carboxylic acids is 4. The van der Waals surface area contributed by atoms with Gasteiger partial charge in [-0.1, -0.05) is 37.1 Å². The zero-order valence-electron chi connectivity index (χ0n) is 22.8. The summed E-state index contributed by atoms with van der Waals surface area (Å²) >= 11 is 0. The average molecular weight is 557 g/mol. The number of esters is 1. The van der Waals surface area contributed by atoms with E-state index < -0.39 is 41.7 Å². The van der Waals surface area contributed by atoms with Crippen LogP contribution in [0.15, 0.2) is 30.4 Å². The molecule has 1 unspecified atom stereocenters. The monoisotopic (exact) mass is 556 g/mol. The van der Waals surface area contributed by atoms with E-state index >= 15 is 0 Å². The van der Waals surface area contributed by atoms with E-state index in [-0.39, 0.29) is 50.3 Å². The van der Waals surface area contributed by atoms with Crippen molar-refractivity contribution in [1.29, 1.82) is 0 Å². The molecule has 216 valence electrons. The molecule has 3 N–H and O–H groups in total. The highest BCUT2D eigenvalue weighted by molar-refractivity contribution is 5.96. The smallest absolute Gasteiger partial charge is 0.410 e. The summed E-state index contributed by atoms with van der Waals surface area (Å²) in [6, 6.07) is 2.96. The predicted octanol–water partition coefficient (Wildman–Crippen LogP) is 2.53. The lowest BCUT2D eigenvalue weighted by atomic mass is 10.1. The van der Waals surface area contributed by atoms with Crippen LogP contribution in [0.25, 0.3) is 0 Å². The van der Waals surface area contributed by atoms with E-state index in [1.54, 1.807) is 19.1 Å². The first-order chi connectivity index (χ1) is 19.2. The maximum absolute atomic E-state index is 14.2. The Balaban J connectivity index is 1.33. The number of halogens is 1. The van der Waals surface area contributed by atoms with Crippen molar-refractivity contribution in [3.63, 3.8) is 0 Å². The van der Waals surface area contributed by atoms with Crippen molar-refractivity contribution < 1.29 is 33.0 Å². The number of rotatable bonds is 3. The van der Waals surface area contributed by atoms with Crippen LogP contribution in [0, 0.1) is 11.7 Å². The molecule has 11 heteroatoms. The van der Waals surface area contributed by atoms with Gasteiger partial charge < -0.3 is 25.4 Å². The number of allylic oxidation sites excluding steroid dienone is 1. The highest BCUT2D eigenvalue weighted by Crippen LogP contribution is 2.46. The lowest BCUT2D eigenvalue weighted by Crippen LogP contribution is -2.55. The van der Waals surface area contributed by atoms with Gasteiger partial charge >= 0.3 is 12.1 Å². The van der Waals surface area contributed by atoms with Crippen LogP contribution in [0.2, 0.25) is 0 Å². The van der Waals surface area contributed by atoms with E-state index in [1.807, 2.05) is 12.2 Å².